The second-order valence-corrected chi connectivity index (χ2v) is 2.80. The minimum Gasteiger partial charge on any atom is -0.480 e. The van der Waals surface area contributed by atoms with Crippen molar-refractivity contribution >= 4 is 11.6 Å². The first kappa shape index (κ1) is 9.53. The van der Waals surface area contributed by atoms with Crippen molar-refractivity contribution in [2.45, 2.75) is 6.61 Å². The van der Waals surface area contributed by atoms with E-state index in [2.05, 4.69) is 15.3 Å². The molecule has 0 saturated carbocycles. The number of hydrogen-bond donors (Lipinski definition) is 1. The van der Waals surface area contributed by atoms with Gasteiger partial charge in [0.05, 0.1) is 0 Å². The third-order valence-electron chi connectivity index (χ3n) is 1.70. The second-order valence-electron chi connectivity index (χ2n) is 2.80. The van der Waals surface area contributed by atoms with E-state index in [1.54, 1.807) is 18.3 Å². The standard InChI is InChI=1S/C8H8N4O3/c13-8(14)5-15-4-7-11-10-6-2-1-3-9-12(6)7/h1-3H,4-5H2,(H,13,14). The summed E-state index contributed by atoms with van der Waals surface area (Å²) in [4.78, 5) is 10.2. The van der Waals surface area contributed by atoms with Gasteiger partial charge in [-0.25, -0.2) is 4.79 Å². The Balaban J connectivity index is 2.11. The van der Waals surface area contributed by atoms with Crippen molar-refractivity contribution in [1.29, 1.82) is 0 Å². The quantitative estimate of drug-likeness (QED) is 0.743. The maximum atomic E-state index is 10.2. The van der Waals surface area contributed by atoms with Crippen LogP contribution in [0.2, 0.25) is 0 Å². The number of carbonyl (C=O) groups is 1. The topological polar surface area (TPSA) is 89.6 Å². The minimum absolute atomic E-state index is 0.0739. The molecular weight excluding hydrogens is 200 g/mol. The minimum atomic E-state index is -1.02. The number of ether oxygens (including phenoxy) is 1. The van der Waals surface area contributed by atoms with Crippen LogP contribution in [0.1, 0.15) is 5.82 Å². The maximum Gasteiger partial charge on any atom is 0.329 e. The van der Waals surface area contributed by atoms with Gasteiger partial charge >= 0.3 is 5.97 Å². The van der Waals surface area contributed by atoms with Crippen molar-refractivity contribution in [1.82, 2.24) is 19.8 Å². The molecule has 7 heteroatoms. The molecule has 15 heavy (non-hydrogen) atoms. The Morgan fingerprint density at radius 2 is 2.40 bits per heavy atom. The maximum absolute atomic E-state index is 10.2. The Hall–Kier alpha value is -2.02. The number of aromatic nitrogens is 4. The van der Waals surface area contributed by atoms with Crippen LogP contribution in [0.25, 0.3) is 5.65 Å². The van der Waals surface area contributed by atoms with Gasteiger partial charge < -0.3 is 9.84 Å². The van der Waals surface area contributed by atoms with E-state index in [1.807, 2.05) is 0 Å². The molecule has 78 valence electrons. The summed E-state index contributed by atoms with van der Waals surface area (Å²) >= 11 is 0. The van der Waals surface area contributed by atoms with Crippen LogP contribution in [-0.2, 0) is 16.1 Å². The van der Waals surface area contributed by atoms with Crippen molar-refractivity contribution in [2.24, 2.45) is 0 Å². The molecule has 0 aliphatic heterocycles. The van der Waals surface area contributed by atoms with Crippen LogP contribution >= 0.6 is 0 Å². The molecule has 2 aromatic rings. The molecule has 0 aliphatic rings. The van der Waals surface area contributed by atoms with E-state index in [0.29, 0.717) is 11.5 Å². The van der Waals surface area contributed by atoms with Gasteiger partial charge in [-0.05, 0) is 12.1 Å². The van der Waals surface area contributed by atoms with E-state index in [9.17, 15) is 4.79 Å². The third kappa shape index (κ3) is 2.08. The summed E-state index contributed by atoms with van der Waals surface area (Å²) in [5, 5.41) is 20.0. The molecule has 2 aromatic heterocycles. The number of nitrogens with zero attached hydrogens (tertiary/aromatic N) is 4. The molecule has 0 spiro atoms. The van der Waals surface area contributed by atoms with Crippen LogP contribution in [0.5, 0.6) is 0 Å². The van der Waals surface area contributed by atoms with E-state index in [-0.39, 0.29) is 13.2 Å². The molecule has 0 radical (unpaired) electrons. The van der Waals surface area contributed by atoms with Gasteiger partial charge in [-0.3, -0.25) is 0 Å². The van der Waals surface area contributed by atoms with Gasteiger partial charge in [-0.15, -0.1) is 10.2 Å². The van der Waals surface area contributed by atoms with Gasteiger partial charge in [0, 0.05) is 6.20 Å². The molecule has 0 aromatic carbocycles. The Labute approximate surface area is 84.3 Å². The number of rotatable bonds is 4. The van der Waals surface area contributed by atoms with Gasteiger partial charge in [-0.2, -0.15) is 9.61 Å². The Morgan fingerprint density at radius 1 is 1.53 bits per heavy atom. The fourth-order valence-corrected chi connectivity index (χ4v) is 1.11. The number of carboxylic acid groups (broad SMARTS) is 1. The smallest absolute Gasteiger partial charge is 0.329 e. The van der Waals surface area contributed by atoms with Crippen molar-refractivity contribution < 1.29 is 14.6 Å². The van der Waals surface area contributed by atoms with E-state index in [0.717, 1.165) is 0 Å². The molecule has 0 saturated heterocycles. The summed E-state index contributed by atoms with van der Waals surface area (Å²) in [6, 6.07) is 3.49. The highest BCUT2D eigenvalue weighted by atomic mass is 16.5. The molecule has 1 N–H and O–H groups in total. The van der Waals surface area contributed by atoms with Crippen molar-refractivity contribution in [3.8, 4) is 0 Å². The first-order chi connectivity index (χ1) is 7.27. The Bertz CT molecular complexity index is 481. The Morgan fingerprint density at radius 3 is 3.20 bits per heavy atom. The lowest BCUT2D eigenvalue weighted by atomic mass is 10.5. The molecule has 0 aliphatic carbocycles. The molecule has 0 unspecified atom stereocenters. The summed E-state index contributed by atoms with van der Waals surface area (Å²) in [6.07, 6.45) is 1.59. The molecule has 2 rings (SSSR count). The van der Waals surface area contributed by atoms with Gasteiger partial charge in [0.15, 0.2) is 11.5 Å². The van der Waals surface area contributed by atoms with Crippen LogP contribution < -0.4 is 0 Å². The predicted molar refractivity (Wildman–Crippen MR) is 48.1 cm³/mol. The van der Waals surface area contributed by atoms with Gasteiger partial charge in [0.2, 0.25) is 0 Å². The van der Waals surface area contributed by atoms with Crippen LogP contribution in [0.3, 0.4) is 0 Å². The lowest BCUT2D eigenvalue weighted by molar-refractivity contribution is -0.142. The first-order valence-corrected chi connectivity index (χ1v) is 4.22. The molecule has 0 atom stereocenters. The predicted octanol–water partition coefficient (Wildman–Crippen LogP) is -0.275. The molecule has 2 heterocycles. The van der Waals surface area contributed by atoms with Gasteiger partial charge in [0.25, 0.3) is 0 Å². The lowest BCUT2D eigenvalue weighted by Gasteiger charge is -1.98. The SMILES string of the molecule is O=C(O)COCc1nnc2cccnn12. The molecule has 0 bridgehead atoms. The van der Waals surface area contributed by atoms with Crippen LogP contribution in [0, 0.1) is 0 Å². The van der Waals surface area contributed by atoms with Gasteiger partial charge in [0.1, 0.15) is 13.2 Å². The number of hydrogen-bond acceptors (Lipinski definition) is 5. The zero-order valence-electron chi connectivity index (χ0n) is 7.70. The van der Waals surface area contributed by atoms with E-state index < -0.39 is 5.97 Å². The molecule has 0 fully saturated rings. The number of fused-ring (bicyclic) bond motifs is 1. The average molecular weight is 208 g/mol. The van der Waals surface area contributed by atoms with Crippen LogP contribution in [-0.4, -0.2) is 37.5 Å². The van der Waals surface area contributed by atoms with Crippen molar-refractivity contribution in [3.05, 3.63) is 24.2 Å². The monoisotopic (exact) mass is 208 g/mol. The molecular formula is C8H8N4O3. The second kappa shape index (κ2) is 4.01. The Kier molecular flexibility index (Phi) is 2.55. The highest BCUT2D eigenvalue weighted by molar-refractivity contribution is 5.67. The average Bonchev–Trinajstić information content (AvgIpc) is 2.62. The zero-order valence-corrected chi connectivity index (χ0v) is 7.70. The molecule has 7 nitrogen and oxygen atoms in total. The normalized spacial score (nSPS) is 10.7. The zero-order chi connectivity index (χ0) is 10.7. The van der Waals surface area contributed by atoms with E-state index >= 15 is 0 Å². The third-order valence-corrected chi connectivity index (χ3v) is 1.70. The van der Waals surface area contributed by atoms with Crippen molar-refractivity contribution in [3.63, 3.8) is 0 Å². The largest absolute Gasteiger partial charge is 0.480 e. The summed E-state index contributed by atoms with van der Waals surface area (Å²) in [6.45, 7) is -0.285. The number of aliphatic carboxylic acids is 1. The summed E-state index contributed by atoms with van der Waals surface area (Å²) in [7, 11) is 0. The summed E-state index contributed by atoms with van der Waals surface area (Å²) in [5.41, 5.74) is 0.603. The summed E-state index contributed by atoms with van der Waals surface area (Å²) < 4.78 is 6.39. The summed E-state index contributed by atoms with van der Waals surface area (Å²) in [5.74, 6) is -0.538. The fourth-order valence-electron chi connectivity index (χ4n) is 1.11. The van der Waals surface area contributed by atoms with Crippen LogP contribution in [0.4, 0.5) is 0 Å². The lowest BCUT2D eigenvalue weighted by Crippen LogP contribution is -2.08. The van der Waals surface area contributed by atoms with Crippen LogP contribution in [0.15, 0.2) is 18.3 Å². The highest BCUT2D eigenvalue weighted by Crippen LogP contribution is 2.01. The van der Waals surface area contributed by atoms with E-state index in [1.165, 1.54) is 4.52 Å². The van der Waals surface area contributed by atoms with Crippen molar-refractivity contribution in [2.75, 3.05) is 6.61 Å². The number of carboxylic acids is 1. The first-order valence-electron chi connectivity index (χ1n) is 4.22. The van der Waals surface area contributed by atoms with E-state index in [4.69, 9.17) is 9.84 Å². The fraction of sp³-hybridized carbons (Fsp3) is 0.250. The van der Waals surface area contributed by atoms with Gasteiger partial charge in [-0.1, -0.05) is 0 Å². The highest BCUT2D eigenvalue weighted by Gasteiger charge is 2.06. The molecule has 0 amide bonds.